The van der Waals surface area contributed by atoms with Crippen LogP contribution in [0.4, 0.5) is 13.2 Å². The third kappa shape index (κ3) is 4.74. The van der Waals surface area contributed by atoms with E-state index in [9.17, 15) is 18.0 Å². The van der Waals surface area contributed by atoms with Crippen molar-refractivity contribution < 1.29 is 22.6 Å². The molecule has 0 spiro atoms. The second-order valence-electron chi connectivity index (χ2n) is 6.29. The molecule has 0 N–H and O–H groups in total. The fraction of sp³-hybridized carbons (Fsp3) is 0.158. The van der Waals surface area contributed by atoms with Gasteiger partial charge in [0.25, 0.3) is 5.19 Å². The molecule has 8 nitrogen and oxygen atoms in total. The van der Waals surface area contributed by atoms with Crippen LogP contribution in [0.15, 0.2) is 58.7 Å². The van der Waals surface area contributed by atoms with Gasteiger partial charge in [-0.3, -0.25) is 0 Å². The lowest BCUT2D eigenvalue weighted by atomic mass is 10.2. The number of halogens is 3. The van der Waals surface area contributed by atoms with Crippen LogP contribution >= 0.6 is 11.3 Å². The Hall–Kier alpha value is -3.67. The van der Waals surface area contributed by atoms with Crippen LogP contribution in [0.25, 0.3) is 16.9 Å². The number of nitrogens with zero attached hydrogens (tertiary/aromatic N) is 5. The second-order valence-corrected chi connectivity index (χ2v) is 7.11. The Morgan fingerprint density at radius 3 is 2.48 bits per heavy atom. The summed E-state index contributed by atoms with van der Waals surface area (Å²) < 4.78 is 48.7. The Kier molecular flexibility index (Phi) is 5.46. The monoisotopic (exact) mass is 449 g/mol. The number of rotatable bonds is 6. The molecule has 2 aromatic heterocycles. The predicted molar refractivity (Wildman–Crippen MR) is 105 cm³/mol. The van der Waals surface area contributed by atoms with Crippen LogP contribution in [-0.2, 0) is 13.7 Å². The van der Waals surface area contributed by atoms with E-state index >= 15 is 0 Å². The van der Waals surface area contributed by atoms with E-state index in [-0.39, 0.29) is 18.0 Å². The number of ether oxygens (including phenoxy) is 2. The molecule has 0 fully saturated rings. The summed E-state index contributed by atoms with van der Waals surface area (Å²) in [5.74, 6) is -0.307. The van der Waals surface area contributed by atoms with E-state index < -0.39 is 6.36 Å². The summed E-state index contributed by atoms with van der Waals surface area (Å²) in [6, 6.07) is 12.5. The van der Waals surface area contributed by atoms with Gasteiger partial charge in [0, 0.05) is 23.6 Å². The molecule has 0 saturated carbocycles. The topological polar surface area (TPSA) is 84.1 Å². The first-order chi connectivity index (χ1) is 14.8. The van der Waals surface area contributed by atoms with E-state index in [1.807, 2.05) is 0 Å². The predicted octanol–water partition coefficient (Wildman–Crippen LogP) is 3.57. The Labute approximate surface area is 177 Å². The van der Waals surface area contributed by atoms with E-state index in [1.54, 1.807) is 29.6 Å². The number of thiazole rings is 1. The molecule has 0 saturated heterocycles. The quantitative estimate of drug-likeness (QED) is 0.448. The number of aromatic nitrogens is 5. The van der Waals surface area contributed by atoms with Crippen molar-refractivity contribution in [2.24, 2.45) is 7.05 Å². The fourth-order valence-corrected chi connectivity index (χ4v) is 3.41. The van der Waals surface area contributed by atoms with Gasteiger partial charge in [0.05, 0.1) is 11.4 Å². The summed E-state index contributed by atoms with van der Waals surface area (Å²) in [6.45, 7) is 0.129. The van der Waals surface area contributed by atoms with Crippen molar-refractivity contribution in [3.63, 3.8) is 0 Å². The third-order valence-corrected chi connectivity index (χ3v) is 4.91. The van der Waals surface area contributed by atoms with Crippen LogP contribution in [0.1, 0.15) is 5.56 Å². The Morgan fingerprint density at radius 2 is 1.81 bits per heavy atom. The van der Waals surface area contributed by atoms with Crippen LogP contribution < -0.4 is 15.2 Å². The van der Waals surface area contributed by atoms with Gasteiger partial charge in [-0.15, -0.1) is 13.2 Å². The second kappa shape index (κ2) is 8.22. The Bertz CT molecular complexity index is 1250. The highest BCUT2D eigenvalue weighted by Crippen LogP contribution is 2.30. The Balaban J connectivity index is 1.47. The molecule has 0 unspecified atom stereocenters. The highest BCUT2D eigenvalue weighted by Gasteiger charge is 2.31. The van der Waals surface area contributed by atoms with Crippen LogP contribution in [-0.4, -0.2) is 31.1 Å². The van der Waals surface area contributed by atoms with E-state index in [0.29, 0.717) is 27.7 Å². The average Bonchev–Trinajstić information content (AvgIpc) is 3.33. The maximum absolute atomic E-state index is 12.3. The molecule has 0 aliphatic heterocycles. The molecule has 160 valence electrons. The van der Waals surface area contributed by atoms with E-state index in [1.165, 1.54) is 47.3 Å². The molecule has 4 rings (SSSR count). The molecule has 31 heavy (non-hydrogen) atoms. The molecule has 0 aliphatic rings. The van der Waals surface area contributed by atoms with Crippen LogP contribution in [0.2, 0.25) is 0 Å². The molecule has 0 aliphatic carbocycles. The van der Waals surface area contributed by atoms with Crippen molar-refractivity contribution >= 4 is 11.3 Å². The standard InChI is InChI=1S/C19H14F3N5O3S/c1-26-18(28)27(25-24-26)16-5-3-2-4-13(16)10-29-17-23-15(11-31-17)12-6-8-14(9-7-12)30-19(20,21)22/h2-9,11H,10H2,1H3. The molecule has 0 radical (unpaired) electrons. The molecular weight excluding hydrogens is 435 g/mol. The number of aryl methyl sites for hydroxylation is 1. The lowest BCUT2D eigenvalue weighted by Crippen LogP contribution is -2.23. The van der Waals surface area contributed by atoms with Gasteiger partial charge < -0.3 is 9.47 Å². The number of hydrogen-bond donors (Lipinski definition) is 0. The minimum absolute atomic E-state index is 0.129. The summed E-state index contributed by atoms with van der Waals surface area (Å²) in [7, 11) is 1.50. The Morgan fingerprint density at radius 1 is 1.06 bits per heavy atom. The van der Waals surface area contributed by atoms with E-state index in [4.69, 9.17) is 4.74 Å². The first-order valence-corrected chi connectivity index (χ1v) is 9.70. The van der Waals surface area contributed by atoms with Gasteiger partial charge in [-0.2, -0.15) is 9.36 Å². The van der Waals surface area contributed by atoms with Gasteiger partial charge in [-0.1, -0.05) is 29.5 Å². The summed E-state index contributed by atoms with van der Waals surface area (Å²) in [6.07, 6.45) is -4.74. The first-order valence-electron chi connectivity index (χ1n) is 8.82. The average molecular weight is 449 g/mol. The van der Waals surface area contributed by atoms with Gasteiger partial charge in [-0.05, 0) is 40.8 Å². The lowest BCUT2D eigenvalue weighted by molar-refractivity contribution is -0.274. The number of tetrazole rings is 1. The molecule has 0 atom stereocenters. The largest absolute Gasteiger partial charge is 0.573 e. The molecule has 4 aromatic rings. The smallest absolute Gasteiger partial charge is 0.465 e. The van der Waals surface area contributed by atoms with Gasteiger partial charge in [-0.25, -0.2) is 9.78 Å². The zero-order chi connectivity index (χ0) is 22.0. The summed E-state index contributed by atoms with van der Waals surface area (Å²) >= 11 is 1.24. The molecule has 2 aromatic carbocycles. The molecule has 0 amide bonds. The first kappa shape index (κ1) is 20.6. The number of benzene rings is 2. The number of alkyl halides is 3. The van der Waals surface area contributed by atoms with Crippen molar-refractivity contribution in [3.8, 4) is 27.9 Å². The van der Waals surface area contributed by atoms with Gasteiger partial charge in [0.15, 0.2) is 0 Å². The highest BCUT2D eigenvalue weighted by atomic mass is 32.1. The summed E-state index contributed by atoms with van der Waals surface area (Å²) in [5.41, 5.74) is 2.03. The zero-order valence-corrected chi connectivity index (χ0v) is 16.7. The molecule has 12 heteroatoms. The molecule has 2 heterocycles. The highest BCUT2D eigenvalue weighted by molar-refractivity contribution is 7.11. The minimum atomic E-state index is -4.74. The van der Waals surface area contributed by atoms with Crippen LogP contribution in [0.3, 0.4) is 0 Å². The van der Waals surface area contributed by atoms with Crippen molar-refractivity contribution in [2.45, 2.75) is 13.0 Å². The van der Waals surface area contributed by atoms with Crippen LogP contribution in [0.5, 0.6) is 10.9 Å². The summed E-state index contributed by atoms with van der Waals surface area (Å²) in [4.78, 5) is 16.5. The lowest BCUT2D eigenvalue weighted by Gasteiger charge is -2.09. The molecular formula is C19H14F3N5O3S. The van der Waals surface area contributed by atoms with Crippen LogP contribution in [0, 0.1) is 0 Å². The number of hydrogen-bond acceptors (Lipinski definition) is 7. The third-order valence-electron chi connectivity index (χ3n) is 4.16. The van der Waals surface area contributed by atoms with Crippen molar-refractivity contribution in [1.82, 2.24) is 24.8 Å². The van der Waals surface area contributed by atoms with Gasteiger partial charge in [0.1, 0.15) is 12.4 Å². The maximum atomic E-state index is 12.3. The number of para-hydroxylation sites is 1. The van der Waals surface area contributed by atoms with Crippen molar-refractivity contribution in [2.75, 3.05) is 0 Å². The van der Waals surface area contributed by atoms with Gasteiger partial charge >= 0.3 is 12.1 Å². The summed E-state index contributed by atoms with van der Waals surface area (Å²) in [5, 5.41) is 9.65. The maximum Gasteiger partial charge on any atom is 0.573 e. The van der Waals surface area contributed by atoms with E-state index in [2.05, 4.69) is 20.1 Å². The SMILES string of the molecule is Cn1nnn(-c2ccccc2COc2nc(-c3ccc(OC(F)(F)F)cc3)cs2)c1=O. The van der Waals surface area contributed by atoms with E-state index in [0.717, 1.165) is 4.68 Å². The normalized spacial score (nSPS) is 11.5. The molecule has 0 bridgehead atoms. The fourth-order valence-electron chi connectivity index (χ4n) is 2.73. The van der Waals surface area contributed by atoms with Crippen molar-refractivity contribution in [1.29, 1.82) is 0 Å². The van der Waals surface area contributed by atoms with Gasteiger partial charge in [0.2, 0.25) is 0 Å². The van der Waals surface area contributed by atoms with Crippen molar-refractivity contribution in [3.05, 3.63) is 70.0 Å². The zero-order valence-electron chi connectivity index (χ0n) is 15.9. The minimum Gasteiger partial charge on any atom is -0.465 e.